The molecule has 1 fully saturated rings. The average molecular weight is 493 g/mol. The first-order valence-electron chi connectivity index (χ1n) is 11.4. The Morgan fingerprint density at radius 2 is 1.53 bits per heavy atom. The smallest absolute Gasteiger partial charge is 0.353 e. The molecule has 0 radical (unpaired) electrons. The standard InChI is InChI=1S/C26H22F3N5O2/c27-26(28,29)19-10-11-22(30-16-19)32-12-14-33(15-13-32)25(36)23-20-8-4-5-9-21(20)24(35)34(31-23)17-18-6-2-1-3-7-18/h1-11,16H,12-15,17H2. The van der Waals surface area contributed by atoms with Crippen LogP contribution in [-0.4, -0.2) is 51.8 Å². The summed E-state index contributed by atoms with van der Waals surface area (Å²) in [5.74, 6) is 0.128. The first-order chi connectivity index (χ1) is 17.3. The third-order valence-electron chi connectivity index (χ3n) is 6.21. The molecular formula is C26H22F3N5O2. The molecule has 0 saturated carbocycles. The summed E-state index contributed by atoms with van der Waals surface area (Å²) < 4.78 is 39.8. The van der Waals surface area contributed by atoms with Crippen LogP contribution in [0.3, 0.4) is 0 Å². The molecule has 7 nitrogen and oxygen atoms in total. The molecule has 5 rings (SSSR count). The van der Waals surface area contributed by atoms with Crippen molar-refractivity contribution in [2.45, 2.75) is 12.7 Å². The molecule has 1 aliphatic rings. The summed E-state index contributed by atoms with van der Waals surface area (Å²) in [7, 11) is 0. The fourth-order valence-corrected chi connectivity index (χ4v) is 4.29. The van der Waals surface area contributed by atoms with Gasteiger partial charge in [0.15, 0.2) is 5.69 Å². The minimum Gasteiger partial charge on any atom is -0.353 e. The molecule has 0 unspecified atom stereocenters. The number of carbonyl (C=O) groups is 1. The maximum atomic E-state index is 13.5. The Labute approximate surface area is 204 Å². The summed E-state index contributed by atoms with van der Waals surface area (Å²) in [6.07, 6.45) is -3.62. The van der Waals surface area contributed by atoms with Crippen LogP contribution < -0.4 is 10.5 Å². The van der Waals surface area contributed by atoms with Gasteiger partial charge in [-0.1, -0.05) is 48.5 Å². The van der Waals surface area contributed by atoms with Gasteiger partial charge in [-0.2, -0.15) is 18.3 Å². The lowest BCUT2D eigenvalue weighted by atomic mass is 10.1. The summed E-state index contributed by atoms with van der Waals surface area (Å²) in [5, 5.41) is 5.37. The van der Waals surface area contributed by atoms with E-state index < -0.39 is 11.7 Å². The molecule has 0 spiro atoms. The second kappa shape index (κ2) is 9.44. The van der Waals surface area contributed by atoms with Crippen LogP contribution in [0.25, 0.3) is 10.8 Å². The number of hydrogen-bond donors (Lipinski definition) is 0. The number of anilines is 1. The SMILES string of the molecule is O=C(c1nn(Cc2ccccc2)c(=O)c2ccccc12)N1CCN(c2ccc(C(F)(F)F)cn2)CC1. The van der Waals surface area contributed by atoms with Crippen molar-refractivity contribution in [3.05, 3.63) is 100 Å². The predicted molar refractivity (Wildman–Crippen MR) is 129 cm³/mol. The number of hydrogen-bond acceptors (Lipinski definition) is 5. The molecule has 4 aromatic rings. The molecule has 1 saturated heterocycles. The zero-order chi connectivity index (χ0) is 25.3. The number of carbonyl (C=O) groups excluding carboxylic acids is 1. The number of halogens is 3. The Bertz CT molecular complexity index is 1440. The number of aromatic nitrogens is 3. The van der Waals surface area contributed by atoms with Crippen molar-refractivity contribution in [2.75, 3.05) is 31.1 Å². The third kappa shape index (κ3) is 4.66. The molecule has 2 aromatic carbocycles. The quantitative estimate of drug-likeness (QED) is 0.432. The summed E-state index contributed by atoms with van der Waals surface area (Å²) in [4.78, 5) is 34.0. The molecule has 10 heteroatoms. The molecule has 184 valence electrons. The molecule has 2 aromatic heterocycles. The van der Waals surface area contributed by atoms with Gasteiger partial charge in [-0.25, -0.2) is 9.67 Å². The lowest BCUT2D eigenvalue weighted by Gasteiger charge is -2.35. The van der Waals surface area contributed by atoms with E-state index in [4.69, 9.17) is 0 Å². The maximum absolute atomic E-state index is 13.5. The highest BCUT2D eigenvalue weighted by Gasteiger charge is 2.31. The largest absolute Gasteiger partial charge is 0.417 e. The lowest BCUT2D eigenvalue weighted by Crippen LogP contribution is -2.49. The van der Waals surface area contributed by atoms with Crippen LogP contribution >= 0.6 is 0 Å². The molecule has 1 aliphatic heterocycles. The van der Waals surface area contributed by atoms with Crippen molar-refractivity contribution in [3.8, 4) is 0 Å². The summed E-state index contributed by atoms with van der Waals surface area (Å²) in [5.41, 5.74) is 0.00789. The van der Waals surface area contributed by atoms with Crippen LogP contribution in [0.5, 0.6) is 0 Å². The van der Waals surface area contributed by atoms with Crippen molar-refractivity contribution in [2.24, 2.45) is 0 Å². The normalized spacial score (nSPS) is 14.3. The van der Waals surface area contributed by atoms with Crippen LogP contribution in [0, 0.1) is 0 Å². The van der Waals surface area contributed by atoms with Gasteiger partial charge in [0.25, 0.3) is 11.5 Å². The van der Waals surface area contributed by atoms with E-state index in [1.54, 1.807) is 29.2 Å². The van der Waals surface area contributed by atoms with Crippen molar-refractivity contribution >= 4 is 22.5 Å². The minimum atomic E-state index is -4.44. The average Bonchev–Trinajstić information content (AvgIpc) is 2.90. The Balaban J connectivity index is 1.38. The van der Waals surface area contributed by atoms with Crippen molar-refractivity contribution in [3.63, 3.8) is 0 Å². The predicted octanol–water partition coefficient (Wildman–Crippen LogP) is 3.82. The van der Waals surface area contributed by atoms with E-state index in [1.165, 1.54) is 10.7 Å². The summed E-state index contributed by atoms with van der Waals surface area (Å²) in [6, 6.07) is 18.7. The topological polar surface area (TPSA) is 71.3 Å². The van der Waals surface area contributed by atoms with Crippen molar-refractivity contribution < 1.29 is 18.0 Å². The van der Waals surface area contributed by atoms with Gasteiger partial charge in [-0.3, -0.25) is 9.59 Å². The van der Waals surface area contributed by atoms with Gasteiger partial charge >= 0.3 is 6.18 Å². The number of nitrogens with zero attached hydrogens (tertiary/aromatic N) is 5. The maximum Gasteiger partial charge on any atom is 0.417 e. The number of rotatable bonds is 4. The Kier molecular flexibility index (Phi) is 6.17. The zero-order valence-electron chi connectivity index (χ0n) is 19.2. The fourth-order valence-electron chi connectivity index (χ4n) is 4.29. The third-order valence-corrected chi connectivity index (χ3v) is 6.21. The van der Waals surface area contributed by atoms with Crippen LogP contribution in [0.2, 0.25) is 0 Å². The number of pyridine rings is 1. The Morgan fingerprint density at radius 1 is 0.861 bits per heavy atom. The van der Waals surface area contributed by atoms with Gasteiger partial charge in [0.2, 0.25) is 0 Å². The molecule has 0 aliphatic carbocycles. The monoisotopic (exact) mass is 493 g/mol. The molecule has 36 heavy (non-hydrogen) atoms. The first-order valence-corrected chi connectivity index (χ1v) is 11.4. The number of fused-ring (bicyclic) bond motifs is 1. The molecule has 0 bridgehead atoms. The second-order valence-corrected chi connectivity index (χ2v) is 8.52. The Hall–Kier alpha value is -4.21. The number of piperazine rings is 1. The van der Waals surface area contributed by atoms with Gasteiger partial charge in [-0.05, 0) is 23.8 Å². The van der Waals surface area contributed by atoms with Crippen molar-refractivity contribution in [1.29, 1.82) is 0 Å². The highest BCUT2D eigenvalue weighted by molar-refractivity contribution is 6.04. The van der Waals surface area contributed by atoms with E-state index in [1.807, 2.05) is 35.2 Å². The highest BCUT2D eigenvalue weighted by atomic mass is 19.4. The summed E-state index contributed by atoms with van der Waals surface area (Å²) >= 11 is 0. The fraction of sp³-hybridized carbons (Fsp3) is 0.231. The number of alkyl halides is 3. The van der Waals surface area contributed by atoms with Crippen LogP contribution in [-0.2, 0) is 12.7 Å². The highest BCUT2D eigenvalue weighted by Crippen LogP contribution is 2.29. The van der Waals surface area contributed by atoms with E-state index in [-0.39, 0.29) is 23.7 Å². The van der Waals surface area contributed by atoms with E-state index in [2.05, 4.69) is 10.1 Å². The first kappa shape index (κ1) is 23.5. The molecule has 0 atom stereocenters. The lowest BCUT2D eigenvalue weighted by molar-refractivity contribution is -0.137. The molecule has 0 N–H and O–H groups in total. The molecular weight excluding hydrogens is 471 g/mol. The van der Waals surface area contributed by atoms with Gasteiger partial charge < -0.3 is 9.80 Å². The van der Waals surface area contributed by atoms with E-state index >= 15 is 0 Å². The van der Waals surface area contributed by atoms with Gasteiger partial charge in [0, 0.05) is 37.8 Å². The second-order valence-electron chi connectivity index (χ2n) is 8.52. The van der Waals surface area contributed by atoms with E-state index in [0.29, 0.717) is 42.8 Å². The van der Waals surface area contributed by atoms with E-state index in [9.17, 15) is 22.8 Å². The van der Waals surface area contributed by atoms with Crippen LogP contribution in [0.15, 0.2) is 77.7 Å². The van der Waals surface area contributed by atoms with Gasteiger partial charge in [0.1, 0.15) is 5.82 Å². The number of benzene rings is 2. The van der Waals surface area contributed by atoms with Gasteiger partial charge in [0.05, 0.1) is 17.5 Å². The molecule has 3 heterocycles. The summed E-state index contributed by atoms with van der Waals surface area (Å²) in [6.45, 7) is 1.74. The minimum absolute atomic E-state index is 0.197. The number of amides is 1. The van der Waals surface area contributed by atoms with Crippen molar-refractivity contribution in [1.82, 2.24) is 19.7 Å². The van der Waals surface area contributed by atoms with E-state index in [0.717, 1.165) is 17.8 Å². The van der Waals surface area contributed by atoms with Crippen LogP contribution in [0.1, 0.15) is 21.6 Å². The zero-order valence-corrected chi connectivity index (χ0v) is 19.2. The van der Waals surface area contributed by atoms with Crippen LogP contribution in [0.4, 0.5) is 19.0 Å². The Morgan fingerprint density at radius 3 is 2.17 bits per heavy atom. The molecule has 1 amide bonds. The van der Waals surface area contributed by atoms with Gasteiger partial charge in [-0.15, -0.1) is 0 Å².